The van der Waals surface area contributed by atoms with E-state index < -0.39 is 0 Å². The van der Waals surface area contributed by atoms with Crippen LogP contribution in [0.1, 0.15) is 22.2 Å². The van der Waals surface area contributed by atoms with Crippen LogP contribution in [-0.2, 0) is 23.4 Å². The van der Waals surface area contributed by atoms with Gasteiger partial charge in [-0.3, -0.25) is 4.79 Å². The topological polar surface area (TPSA) is 68.0 Å². The highest BCUT2D eigenvalue weighted by atomic mass is 32.2. The maximum absolute atomic E-state index is 11.7. The van der Waals surface area contributed by atoms with Crippen molar-refractivity contribution in [3.8, 4) is 0 Å². The number of aromatic nitrogens is 2. The predicted molar refractivity (Wildman–Crippen MR) is 81.0 cm³/mol. The fourth-order valence-electron chi connectivity index (χ4n) is 1.70. The zero-order valence-electron chi connectivity index (χ0n) is 11.5. The van der Waals surface area contributed by atoms with E-state index in [9.17, 15) is 4.79 Å². The lowest BCUT2D eigenvalue weighted by Crippen LogP contribution is -2.27. The molecule has 2 heterocycles. The lowest BCUT2D eigenvalue weighted by Gasteiger charge is -2.01. The molecule has 0 saturated carbocycles. The molecule has 20 heavy (non-hydrogen) atoms. The molecule has 0 aliphatic carbocycles. The van der Waals surface area contributed by atoms with Crippen molar-refractivity contribution in [2.75, 3.05) is 12.8 Å². The highest BCUT2D eigenvalue weighted by Gasteiger charge is 2.08. The Morgan fingerprint density at radius 3 is 3.10 bits per heavy atom. The zero-order valence-corrected chi connectivity index (χ0v) is 13.1. The Morgan fingerprint density at radius 1 is 1.55 bits per heavy atom. The van der Waals surface area contributed by atoms with E-state index in [4.69, 9.17) is 4.52 Å². The molecule has 7 heteroatoms. The van der Waals surface area contributed by atoms with Gasteiger partial charge in [-0.15, -0.1) is 11.3 Å². The smallest absolute Gasteiger partial charge is 0.227 e. The van der Waals surface area contributed by atoms with Crippen LogP contribution >= 0.6 is 23.1 Å². The lowest BCUT2D eigenvalue weighted by molar-refractivity contribution is -0.120. The number of carbonyl (C=O) groups excluding carboxylic acids is 1. The largest absolute Gasteiger partial charge is 0.361 e. The standard InChI is InChI=1S/C13H17N3O2S2/c1-9-5-11(18-16-9)6-12(17)14-4-3-10-7-20-13(15-10)8-19-2/h5,7H,3-4,6,8H2,1-2H3,(H,14,17). The molecule has 0 bridgehead atoms. The van der Waals surface area contributed by atoms with Crippen LogP contribution in [0, 0.1) is 6.92 Å². The van der Waals surface area contributed by atoms with Gasteiger partial charge in [-0.2, -0.15) is 11.8 Å². The second kappa shape index (κ2) is 7.44. The van der Waals surface area contributed by atoms with Crippen molar-refractivity contribution in [3.05, 3.63) is 33.6 Å². The molecule has 1 amide bonds. The zero-order chi connectivity index (χ0) is 14.4. The highest BCUT2D eigenvalue weighted by Crippen LogP contribution is 2.15. The van der Waals surface area contributed by atoms with Crippen LogP contribution in [0.15, 0.2) is 16.0 Å². The number of carbonyl (C=O) groups is 1. The van der Waals surface area contributed by atoms with Crippen LogP contribution in [0.3, 0.4) is 0 Å². The molecule has 0 spiro atoms. The number of hydrogen-bond acceptors (Lipinski definition) is 6. The van der Waals surface area contributed by atoms with Crippen LogP contribution in [0.25, 0.3) is 0 Å². The molecule has 0 radical (unpaired) electrons. The summed E-state index contributed by atoms with van der Waals surface area (Å²) in [5, 5.41) is 9.80. The molecule has 108 valence electrons. The fraction of sp³-hybridized carbons (Fsp3) is 0.462. The first-order valence-corrected chi connectivity index (χ1v) is 8.56. The van der Waals surface area contributed by atoms with Gasteiger partial charge in [0.15, 0.2) is 0 Å². The number of nitrogens with zero attached hydrogens (tertiary/aromatic N) is 2. The number of rotatable bonds is 7. The summed E-state index contributed by atoms with van der Waals surface area (Å²) in [7, 11) is 0. The van der Waals surface area contributed by atoms with Gasteiger partial charge in [-0.25, -0.2) is 4.98 Å². The minimum atomic E-state index is -0.0549. The predicted octanol–water partition coefficient (Wildman–Crippen LogP) is 2.20. The molecule has 0 aliphatic heterocycles. The number of thiazole rings is 1. The third-order valence-corrected chi connectivity index (χ3v) is 4.22. The van der Waals surface area contributed by atoms with Crippen molar-refractivity contribution in [1.82, 2.24) is 15.5 Å². The van der Waals surface area contributed by atoms with Gasteiger partial charge >= 0.3 is 0 Å². The average molecular weight is 311 g/mol. The van der Waals surface area contributed by atoms with Gasteiger partial charge in [0.1, 0.15) is 10.8 Å². The maximum Gasteiger partial charge on any atom is 0.227 e. The first-order chi connectivity index (χ1) is 9.67. The second-order valence-corrected chi connectivity index (χ2v) is 6.19. The molecule has 0 fully saturated rings. The monoisotopic (exact) mass is 311 g/mol. The first-order valence-electron chi connectivity index (χ1n) is 6.28. The Morgan fingerprint density at radius 2 is 2.40 bits per heavy atom. The average Bonchev–Trinajstić information content (AvgIpc) is 3.00. The molecule has 2 rings (SSSR count). The summed E-state index contributed by atoms with van der Waals surface area (Å²) >= 11 is 3.43. The molecule has 0 unspecified atom stereocenters. The summed E-state index contributed by atoms with van der Waals surface area (Å²) in [4.78, 5) is 16.2. The van der Waals surface area contributed by atoms with Crippen molar-refractivity contribution in [3.63, 3.8) is 0 Å². The van der Waals surface area contributed by atoms with Crippen LogP contribution in [-0.4, -0.2) is 28.8 Å². The number of amides is 1. The van der Waals surface area contributed by atoms with Crippen LogP contribution < -0.4 is 5.32 Å². The Bertz CT molecular complexity index is 565. The van der Waals surface area contributed by atoms with Crippen molar-refractivity contribution in [2.24, 2.45) is 0 Å². The first kappa shape index (κ1) is 15.1. The number of nitrogens with one attached hydrogen (secondary N) is 1. The molecule has 0 aliphatic rings. The molecule has 2 aromatic rings. The molecule has 0 aromatic carbocycles. The summed E-state index contributed by atoms with van der Waals surface area (Å²) in [6, 6.07) is 1.77. The molecule has 5 nitrogen and oxygen atoms in total. The molecule has 2 aromatic heterocycles. The third kappa shape index (κ3) is 4.64. The van der Waals surface area contributed by atoms with E-state index in [0.29, 0.717) is 12.3 Å². The summed E-state index contributed by atoms with van der Waals surface area (Å²) in [5.74, 6) is 1.48. The number of aryl methyl sites for hydroxylation is 1. The molecular weight excluding hydrogens is 294 g/mol. The van der Waals surface area contributed by atoms with E-state index in [0.717, 1.165) is 28.6 Å². The van der Waals surface area contributed by atoms with Gasteiger partial charge in [0.05, 0.1) is 17.8 Å². The van der Waals surface area contributed by atoms with Crippen molar-refractivity contribution in [2.45, 2.75) is 25.5 Å². The van der Waals surface area contributed by atoms with Crippen molar-refractivity contribution >= 4 is 29.0 Å². The van der Waals surface area contributed by atoms with Gasteiger partial charge in [0.25, 0.3) is 0 Å². The highest BCUT2D eigenvalue weighted by molar-refractivity contribution is 7.97. The molecular formula is C13H17N3O2S2. The molecule has 0 saturated heterocycles. The summed E-state index contributed by atoms with van der Waals surface area (Å²) in [5.41, 5.74) is 1.83. The van der Waals surface area contributed by atoms with E-state index in [1.807, 2.05) is 6.92 Å². The van der Waals surface area contributed by atoms with E-state index >= 15 is 0 Å². The maximum atomic E-state index is 11.7. The van der Waals surface area contributed by atoms with Crippen molar-refractivity contribution in [1.29, 1.82) is 0 Å². The summed E-state index contributed by atoms with van der Waals surface area (Å²) < 4.78 is 5.01. The summed E-state index contributed by atoms with van der Waals surface area (Å²) in [6.07, 6.45) is 3.05. The van der Waals surface area contributed by atoms with Gasteiger partial charge in [0.2, 0.25) is 5.91 Å². The second-order valence-electron chi connectivity index (χ2n) is 4.38. The van der Waals surface area contributed by atoms with Gasteiger partial charge in [-0.1, -0.05) is 5.16 Å². The van der Waals surface area contributed by atoms with E-state index in [1.165, 1.54) is 0 Å². The van der Waals surface area contributed by atoms with Gasteiger partial charge in [-0.05, 0) is 13.2 Å². The van der Waals surface area contributed by atoms with E-state index in [2.05, 4.69) is 27.1 Å². The number of hydrogen-bond donors (Lipinski definition) is 1. The van der Waals surface area contributed by atoms with Gasteiger partial charge < -0.3 is 9.84 Å². The minimum Gasteiger partial charge on any atom is -0.361 e. The number of thioether (sulfide) groups is 1. The Balaban J connectivity index is 1.70. The Kier molecular flexibility index (Phi) is 5.60. The lowest BCUT2D eigenvalue weighted by atomic mass is 10.3. The van der Waals surface area contributed by atoms with Crippen molar-refractivity contribution < 1.29 is 9.32 Å². The van der Waals surface area contributed by atoms with Crippen LogP contribution in [0.2, 0.25) is 0 Å². The van der Waals surface area contributed by atoms with E-state index in [-0.39, 0.29) is 12.3 Å². The SMILES string of the molecule is CSCc1nc(CCNC(=O)Cc2cc(C)no2)cs1. The van der Waals surface area contributed by atoms with Crippen LogP contribution in [0.4, 0.5) is 0 Å². The fourth-order valence-corrected chi connectivity index (χ4v) is 3.25. The van der Waals surface area contributed by atoms with Gasteiger partial charge in [0, 0.05) is 30.2 Å². The molecule has 1 N–H and O–H groups in total. The third-order valence-electron chi connectivity index (χ3n) is 2.58. The normalized spacial score (nSPS) is 10.7. The van der Waals surface area contributed by atoms with Crippen LogP contribution in [0.5, 0.6) is 0 Å². The minimum absolute atomic E-state index is 0.0549. The molecule has 0 atom stereocenters. The summed E-state index contributed by atoms with van der Waals surface area (Å²) in [6.45, 7) is 2.42. The Hall–Kier alpha value is -1.34. The van der Waals surface area contributed by atoms with E-state index in [1.54, 1.807) is 29.2 Å². The quantitative estimate of drug-likeness (QED) is 0.849. The Labute approximate surface area is 126 Å².